The monoisotopic (exact) mass is 175 g/mol. The summed E-state index contributed by atoms with van der Waals surface area (Å²) in [6, 6.07) is 10.8. The fraction of sp³-hybridized carbons (Fsp3) is 0.500. The van der Waals surface area contributed by atoms with E-state index in [2.05, 4.69) is 30.3 Å². The van der Waals surface area contributed by atoms with Gasteiger partial charge in [-0.05, 0) is 43.2 Å². The first-order chi connectivity index (χ1) is 6.40. The third kappa shape index (κ3) is 1.92. The van der Waals surface area contributed by atoms with Gasteiger partial charge in [0.15, 0.2) is 0 Å². The van der Waals surface area contributed by atoms with Gasteiger partial charge in [-0.1, -0.05) is 30.3 Å². The highest BCUT2D eigenvalue weighted by Crippen LogP contribution is 2.37. The predicted molar refractivity (Wildman–Crippen MR) is 55.6 cm³/mol. The van der Waals surface area contributed by atoms with E-state index in [1.807, 2.05) is 0 Å². The van der Waals surface area contributed by atoms with E-state index in [1.165, 1.54) is 24.8 Å². The summed E-state index contributed by atoms with van der Waals surface area (Å²) in [5, 5.41) is 0. The molecule has 2 unspecified atom stereocenters. The Labute approximate surface area is 80.0 Å². The van der Waals surface area contributed by atoms with Crippen molar-refractivity contribution in [2.45, 2.75) is 25.2 Å². The van der Waals surface area contributed by atoms with Crippen LogP contribution in [0.4, 0.5) is 0 Å². The number of nitrogens with two attached hydrogens (primary N) is 1. The fourth-order valence-corrected chi connectivity index (χ4v) is 2.32. The molecule has 70 valence electrons. The van der Waals surface area contributed by atoms with E-state index in [-0.39, 0.29) is 0 Å². The number of rotatable bonds is 2. The first-order valence-corrected chi connectivity index (χ1v) is 5.15. The summed E-state index contributed by atoms with van der Waals surface area (Å²) in [5.41, 5.74) is 7.17. The van der Waals surface area contributed by atoms with Gasteiger partial charge >= 0.3 is 0 Å². The molecule has 0 bridgehead atoms. The molecule has 0 amide bonds. The molecule has 1 saturated carbocycles. The molecule has 2 N–H and O–H groups in total. The summed E-state index contributed by atoms with van der Waals surface area (Å²) in [6.07, 6.45) is 3.93. The maximum atomic E-state index is 5.67. The maximum absolute atomic E-state index is 5.67. The van der Waals surface area contributed by atoms with Crippen molar-refractivity contribution in [3.63, 3.8) is 0 Å². The first-order valence-electron chi connectivity index (χ1n) is 5.15. The molecule has 1 nitrogen and oxygen atoms in total. The zero-order chi connectivity index (χ0) is 9.10. The van der Waals surface area contributed by atoms with Crippen molar-refractivity contribution in [3.8, 4) is 0 Å². The highest BCUT2D eigenvalue weighted by molar-refractivity contribution is 5.20. The lowest BCUT2D eigenvalue weighted by Crippen LogP contribution is -2.10. The SMILES string of the molecule is NCC1CCC(c2ccccc2)C1. The summed E-state index contributed by atoms with van der Waals surface area (Å²) in [6.45, 7) is 0.864. The standard InChI is InChI=1S/C12H17N/c13-9-10-6-7-12(8-10)11-4-2-1-3-5-11/h1-5,10,12H,6-9,13H2. The molecule has 1 aromatic rings. The van der Waals surface area contributed by atoms with E-state index in [0.29, 0.717) is 0 Å². The van der Waals surface area contributed by atoms with Crippen LogP contribution in [0, 0.1) is 5.92 Å². The molecule has 0 radical (unpaired) electrons. The molecular weight excluding hydrogens is 158 g/mol. The van der Waals surface area contributed by atoms with Gasteiger partial charge in [-0.3, -0.25) is 0 Å². The Morgan fingerprint density at radius 2 is 1.92 bits per heavy atom. The zero-order valence-electron chi connectivity index (χ0n) is 7.95. The van der Waals surface area contributed by atoms with E-state index < -0.39 is 0 Å². The molecule has 1 aliphatic rings. The topological polar surface area (TPSA) is 26.0 Å². The molecule has 0 aliphatic heterocycles. The van der Waals surface area contributed by atoms with Gasteiger partial charge in [0.25, 0.3) is 0 Å². The lowest BCUT2D eigenvalue weighted by atomic mass is 9.96. The van der Waals surface area contributed by atoms with Crippen LogP contribution < -0.4 is 5.73 Å². The van der Waals surface area contributed by atoms with Gasteiger partial charge in [0.2, 0.25) is 0 Å². The van der Waals surface area contributed by atoms with Crippen LogP contribution in [0.15, 0.2) is 30.3 Å². The molecule has 0 saturated heterocycles. The summed E-state index contributed by atoms with van der Waals surface area (Å²) >= 11 is 0. The Balaban J connectivity index is 2.04. The second-order valence-electron chi connectivity index (χ2n) is 4.02. The van der Waals surface area contributed by atoms with E-state index in [0.717, 1.165) is 18.4 Å². The minimum Gasteiger partial charge on any atom is -0.330 e. The van der Waals surface area contributed by atoms with E-state index in [1.54, 1.807) is 0 Å². The Kier molecular flexibility index (Phi) is 2.65. The summed E-state index contributed by atoms with van der Waals surface area (Å²) < 4.78 is 0. The maximum Gasteiger partial charge on any atom is -0.00486 e. The smallest absolute Gasteiger partial charge is 0.00486 e. The van der Waals surface area contributed by atoms with Crippen molar-refractivity contribution in [3.05, 3.63) is 35.9 Å². The molecule has 13 heavy (non-hydrogen) atoms. The number of hydrogen-bond acceptors (Lipinski definition) is 1. The third-order valence-electron chi connectivity index (χ3n) is 3.15. The van der Waals surface area contributed by atoms with Crippen LogP contribution in [-0.2, 0) is 0 Å². The number of benzene rings is 1. The van der Waals surface area contributed by atoms with Crippen molar-refractivity contribution >= 4 is 0 Å². The Morgan fingerprint density at radius 3 is 2.54 bits per heavy atom. The molecule has 1 aliphatic carbocycles. The Morgan fingerprint density at radius 1 is 1.15 bits per heavy atom. The van der Waals surface area contributed by atoms with Gasteiger partial charge < -0.3 is 5.73 Å². The van der Waals surface area contributed by atoms with E-state index in [9.17, 15) is 0 Å². The summed E-state index contributed by atoms with van der Waals surface area (Å²) in [7, 11) is 0. The molecule has 1 aromatic carbocycles. The predicted octanol–water partition coefficient (Wildman–Crippen LogP) is 2.53. The second kappa shape index (κ2) is 3.93. The van der Waals surface area contributed by atoms with Crippen molar-refractivity contribution < 1.29 is 0 Å². The Hall–Kier alpha value is -0.820. The zero-order valence-corrected chi connectivity index (χ0v) is 7.95. The third-order valence-corrected chi connectivity index (χ3v) is 3.15. The minimum absolute atomic E-state index is 0.769. The molecule has 0 aromatic heterocycles. The van der Waals surface area contributed by atoms with Crippen LogP contribution in [0.5, 0.6) is 0 Å². The Bertz CT molecular complexity index is 255. The molecule has 0 heterocycles. The van der Waals surface area contributed by atoms with Crippen molar-refractivity contribution in [2.24, 2.45) is 11.7 Å². The summed E-state index contributed by atoms with van der Waals surface area (Å²) in [4.78, 5) is 0. The van der Waals surface area contributed by atoms with Crippen LogP contribution in [0.3, 0.4) is 0 Å². The van der Waals surface area contributed by atoms with Crippen LogP contribution >= 0.6 is 0 Å². The second-order valence-corrected chi connectivity index (χ2v) is 4.02. The van der Waals surface area contributed by atoms with Crippen LogP contribution in [0.2, 0.25) is 0 Å². The molecule has 1 heteroatoms. The highest BCUT2D eigenvalue weighted by atomic mass is 14.6. The van der Waals surface area contributed by atoms with Gasteiger partial charge in [0.05, 0.1) is 0 Å². The molecular formula is C12H17N. The van der Waals surface area contributed by atoms with Crippen LogP contribution in [0.25, 0.3) is 0 Å². The van der Waals surface area contributed by atoms with E-state index >= 15 is 0 Å². The summed E-state index contributed by atoms with van der Waals surface area (Å²) in [5.74, 6) is 1.54. The van der Waals surface area contributed by atoms with Gasteiger partial charge in [0, 0.05) is 0 Å². The fourth-order valence-electron chi connectivity index (χ4n) is 2.32. The van der Waals surface area contributed by atoms with Crippen molar-refractivity contribution in [1.82, 2.24) is 0 Å². The lowest BCUT2D eigenvalue weighted by molar-refractivity contribution is 0.551. The van der Waals surface area contributed by atoms with Gasteiger partial charge in [-0.15, -0.1) is 0 Å². The highest BCUT2D eigenvalue weighted by Gasteiger charge is 2.24. The quantitative estimate of drug-likeness (QED) is 0.734. The van der Waals surface area contributed by atoms with Crippen LogP contribution in [-0.4, -0.2) is 6.54 Å². The molecule has 2 atom stereocenters. The first kappa shape index (κ1) is 8.76. The average molecular weight is 175 g/mol. The average Bonchev–Trinajstić information content (AvgIpc) is 2.67. The minimum atomic E-state index is 0.769. The molecule has 2 rings (SSSR count). The van der Waals surface area contributed by atoms with Gasteiger partial charge in [-0.25, -0.2) is 0 Å². The van der Waals surface area contributed by atoms with Crippen LogP contribution in [0.1, 0.15) is 30.7 Å². The molecule has 1 fully saturated rings. The normalized spacial score (nSPS) is 27.8. The number of hydrogen-bond donors (Lipinski definition) is 1. The van der Waals surface area contributed by atoms with E-state index in [4.69, 9.17) is 5.73 Å². The van der Waals surface area contributed by atoms with Crippen molar-refractivity contribution in [2.75, 3.05) is 6.54 Å². The van der Waals surface area contributed by atoms with Gasteiger partial charge in [0.1, 0.15) is 0 Å². The van der Waals surface area contributed by atoms with Crippen molar-refractivity contribution in [1.29, 1.82) is 0 Å². The van der Waals surface area contributed by atoms with Gasteiger partial charge in [-0.2, -0.15) is 0 Å². The molecule has 0 spiro atoms. The largest absolute Gasteiger partial charge is 0.330 e. The lowest BCUT2D eigenvalue weighted by Gasteiger charge is -2.09.